The first-order valence-electron chi connectivity index (χ1n) is 6.19. The summed E-state index contributed by atoms with van der Waals surface area (Å²) in [6, 6.07) is 3.66. The molecule has 0 unspecified atom stereocenters. The molecule has 0 atom stereocenters. The van der Waals surface area contributed by atoms with E-state index in [0.717, 1.165) is 9.75 Å². The van der Waals surface area contributed by atoms with Crippen molar-refractivity contribution in [2.45, 2.75) is 6.92 Å². The minimum absolute atomic E-state index is 0.00847. The van der Waals surface area contributed by atoms with Gasteiger partial charge in [-0.2, -0.15) is 0 Å². The number of nitrogens with zero attached hydrogens (tertiary/aromatic N) is 2. The molecule has 0 radical (unpaired) electrons. The molecule has 0 aromatic carbocycles. The molecule has 1 aliphatic heterocycles. The highest BCUT2D eigenvalue weighted by atomic mass is 32.1. The Balaban J connectivity index is 1.52. The van der Waals surface area contributed by atoms with Crippen LogP contribution in [0.2, 0.25) is 0 Å². The van der Waals surface area contributed by atoms with Crippen molar-refractivity contribution in [2.24, 2.45) is 5.92 Å². The second-order valence-corrected chi connectivity index (χ2v) is 6.83. The highest BCUT2D eigenvalue weighted by molar-refractivity contribution is 7.15. The van der Waals surface area contributed by atoms with Gasteiger partial charge in [-0.1, -0.05) is 6.07 Å². The first kappa shape index (κ1) is 13.3. The van der Waals surface area contributed by atoms with E-state index in [1.165, 1.54) is 22.7 Å². The molecule has 3 rings (SSSR count). The van der Waals surface area contributed by atoms with Crippen LogP contribution >= 0.6 is 22.7 Å². The molecule has 1 fully saturated rings. The molecule has 2 aromatic heterocycles. The normalized spacial score (nSPS) is 14.9. The topological polar surface area (TPSA) is 62.3 Å². The van der Waals surface area contributed by atoms with Crippen LogP contribution in [-0.2, 0) is 4.79 Å². The standard InChI is InChI=1S/C13H13N3O2S2/c1-8-5-14-13(20-8)15-11(17)9-6-16(7-9)12(18)10-3-2-4-19-10/h2-5,9H,6-7H2,1H3,(H,14,15,17). The maximum absolute atomic E-state index is 12.0. The molecular weight excluding hydrogens is 294 g/mol. The van der Waals surface area contributed by atoms with E-state index in [9.17, 15) is 9.59 Å². The fourth-order valence-corrected chi connectivity index (χ4v) is 3.34. The summed E-state index contributed by atoms with van der Waals surface area (Å²) in [4.78, 5) is 31.6. The summed E-state index contributed by atoms with van der Waals surface area (Å²) < 4.78 is 0. The number of likely N-dealkylation sites (tertiary alicyclic amines) is 1. The predicted molar refractivity (Wildman–Crippen MR) is 79.2 cm³/mol. The van der Waals surface area contributed by atoms with E-state index in [1.54, 1.807) is 17.2 Å². The third-order valence-corrected chi connectivity index (χ3v) is 4.81. The summed E-state index contributed by atoms with van der Waals surface area (Å²) in [6.45, 7) is 2.90. The first-order chi connectivity index (χ1) is 9.63. The maximum atomic E-state index is 12.0. The molecule has 1 N–H and O–H groups in total. The number of aryl methyl sites for hydroxylation is 1. The van der Waals surface area contributed by atoms with Gasteiger partial charge in [-0.05, 0) is 18.4 Å². The largest absolute Gasteiger partial charge is 0.336 e. The Morgan fingerprint density at radius 1 is 1.45 bits per heavy atom. The van der Waals surface area contributed by atoms with E-state index in [-0.39, 0.29) is 17.7 Å². The van der Waals surface area contributed by atoms with E-state index in [2.05, 4.69) is 10.3 Å². The molecule has 2 aromatic rings. The lowest BCUT2D eigenvalue weighted by molar-refractivity contribution is -0.123. The number of carbonyl (C=O) groups excluding carboxylic acids is 2. The highest BCUT2D eigenvalue weighted by Crippen LogP contribution is 2.23. The minimum atomic E-state index is -0.136. The van der Waals surface area contributed by atoms with Crippen LogP contribution < -0.4 is 5.32 Å². The van der Waals surface area contributed by atoms with Crippen molar-refractivity contribution in [3.8, 4) is 0 Å². The number of thiazole rings is 1. The molecule has 7 heteroatoms. The summed E-state index contributed by atoms with van der Waals surface area (Å²) in [5.74, 6) is -0.188. The highest BCUT2D eigenvalue weighted by Gasteiger charge is 2.36. The van der Waals surface area contributed by atoms with Gasteiger partial charge in [0, 0.05) is 24.2 Å². The molecule has 1 aliphatic rings. The number of thiophene rings is 1. The summed E-state index contributed by atoms with van der Waals surface area (Å²) >= 11 is 2.87. The van der Waals surface area contributed by atoms with Gasteiger partial charge in [0.2, 0.25) is 5.91 Å². The Morgan fingerprint density at radius 2 is 2.25 bits per heavy atom. The van der Waals surface area contributed by atoms with Crippen molar-refractivity contribution in [3.63, 3.8) is 0 Å². The quantitative estimate of drug-likeness (QED) is 0.946. The van der Waals surface area contributed by atoms with Crippen LogP contribution in [0.4, 0.5) is 5.13 Å². The molecule has 0 aliphatic carbocycles. The lowest BCUT2D eigenvalue weighted by atomic mass is 9.99. The van der Waals surface area contributed by atoms with Crippen LogP contribution in [0.5, 0.6) is 0 Å². The van der Waals surface area contributed by atoms with Gasteiger partial charge in [-0.3, -0.25) is 9.59 Å². The zero-order chi connectivity index (χ0) is 14.1. The van der Waals surface area contributed by atoms with Gasteiger partial charge in [-0.25, -0.2) is 4.98 Å². The number of anilines is 1. The van der Waals surface area contributed by atoms with Crippen molar-refractivity contribution < 1.29 is 9.59 Å². The second kappa shape index (κ2) is 5.34. The monoisotopic (exact) mass is 307 g/mol. The van der Waals surface area contributed by atoms with Crippen LogP contribution in [0.25, 0.3) is 0 Å². The minimum Gasteiger partial charge on any atom is -0.336 e. The van der Waals surface area contributed by atoms with Gasteiger partial charge in [0.15, 0.2) is 5.13 Å². The Labute approximate surface area is 124 Å². The average molecular weight is 307 g/mol. The molecule has 2 amide bonds. The zero-order valence-corrected chi connectivity index (χ0v) is 12.5. The Kier molecular flexibility index (Phi) is 3.54. The van der Waals surface area contributed by atoms with Crippen LogP contribution in [0.1, 0.15) is 14.5 Å². The lowest BCUT2D eigenvalue weighted by Crippen LogP contribution is -2.54. The summed E-state index contributed by atoms with van der Waals surface area (Å²) in [6.07, 6.45) is 1.73. The van der Waals surface area contributed by atoms with Gasteiger partial charge >= 0.3 is 0 Å². The van der Waals surface area contributed by atoms with Gasteiger partial charge in [-0.15, -0.1) is 22.7 Å². The van der Waals surface area contributed by atoms with Crippen LogP contribution in [0.3, 0.4) is 0 Å². The average Bonchev–Trinajstić information content (AvgIpc) is 2.98. The van der Waals surface area contributed by atoms with Crippen molar-refractivity contribution in [2.75, 3.05) is 18.4 Å². The maximum Gasteiger partial charge on any atom is 0.263 e. The number of nitrogens with one attached hydrogen (secondary N) is 1. The van der Waals surface area contributed by atoms with Gasteiger partial charge in [0.25, 0.3) is 5.91 Å². The first-order valence-corrected chi connectivity index (χ1v) is 7.89. The van der Waals surface area contributed by atoms with Crippen LogP contribution in [0, 0.1) is 12.8 Å². The molecule has 104 valence electrons. The van der Waals surface area contributed by atoms with Gasteiger partial charge < -0.3 is 10.2 Å². The third-order valence-electron chi connectivity index (χ3n) is 3.12. The molecule has 0 saturated carbocycles. The molecule has 0 bridgehead atoms. The lowest BCUT2D eigenvalue weighted by Gasteiger charge is -2.37. The van der Waals surface area contributed by atoms with E-state index >= 15 is 0 Å². The number of hydrogen-bond acceptors (Lipinski definition) is 5. The van der Waals surface area contributed by atoms with Gasteiger partial charge in [0.1, 0.15) is 0 Å². The summed E-state index contributed by atoms with van der Waals surface area (Å²) in [7, 11) is 0. The molecule has 5 nitrogen and oxygen atoms in total. The van der Waals surface area contributed by atoms with Crippen LogP contribution in [0.15, 0.2) is 23.7 Å². The molecular formula is C13H13N3O2S2. The second-order valence-electron chi connectivity index (χ2n) is 4.65. The fourth-order valence-electron chi connectivity index (χ4n) is 1.99. The van der Waals surface area contributed by atoms with E-state index < -0.39 is 0 Å². The Hall–Kier alpha value is -1.73. The number of carbonyl (C=O) groups is 2. The number of aromatic nitrogens is 1. The smallest absolute Gasteiger partial charge is 0.263 e. The Bertz CT molecular complexity index is 630. The van der Waals surface area contributed by atoms with E-state index in [1.807, 2.05) is 18.4 Å². The molecule has 0 spiro atoms. The van der Waals surface area contributed by atoms with Gasteiger partial charge in [0.05, 0.1) is 10.8 Å². The van der Waals surface area contributed by atoms with Crippen molar-refractivity contribution >= 4 is 39.6 Å². The number of rotatable bonds is 3. The zero-order valence-electron chi connectivity index (χ0n) is 10.8. The SMILES string of the molecule is Cc1cnc(NC(=O)C2CN(C(=O)c3cccs3)C2)s1. The third kappa shape index (κ3) is 2.59. The Morgan fingerprint density at radius 3 is 2.85 bits per heavy atom. The number of hydrogen-bond donors (Lipinski definition) is 1. The van der Waals surface area contributed by atoms with Crippen molar-refractivity contribution in [1.29, 1.82) is 0 Å². The van der Waals surface area contributed by atoms with Crippen molar-refractivity contribution in [1.82, 2.24) is 9.88 Å². The molecule has 3 heterocycles. The van der Waals surface area contributed by atoms with E-state index in [0.29, 0.717) is 18.2 Å². The van der Waals surface area contributed by atoms with Crippen molar-refractivity contribution in [3.05, 3.63) is 33.5 Å². The van der Waals surface area contributed by atoms with Crippen LogP contribution in [-0.4, -0.2) is 34.8 Å². The predicted octanol–water partition coefficient (Wildman–Crippen LogP) is 2.22. The van der Waals surface area contributed by atoms with E-state index in [4.69, 9.17) is 0 Å². The molecule has 1 saturated heterocycles. The number of amides is 2. The molecule has 20 heavy (non-hydrogen) atoms. The fraction of sp³-hybridized carbons (Fsp3) is 0.308. The summed E-state index contributed by atoms with van der Waals surface area (Å²) in [5.41, 5.74) is 0. The summed E-state index contributed by atoms with van der Waals surface area (Å²) in [5, 5.41) is 5.29.